The largest absolute Gasteiger partial charge is 0.507 e. The van der Waals surface area contributed by atoms with E-state index in [-0.39, 0.29) is 29.0 Å². The Balaban J connectivity index is 3.15. The fourth-order valence-corrected chi connectivity index (χ4v) is 1.13. The van der Waals surface area contributed by atoms with Crippen LogP contribution in [0.15, 0.2) is 18.2 Å². The van der Waals surface area contributed by atoms with Gasteiger partial charge in [-0.3, -0.25) is 4.79 Å². The molecule has 0 spiro atoms. The number of hydrogen-bond acceptors (Lipinski definition) is 4. The molecule has 1 aromatic rings. The number of Topliss-reactive ketones (excluding diaryl/α,β-unsaturated/α-hetero) is 1. The minimum Gasteiger partial charge on any atom is -0.507 e. The molecule has 3 N–H and O–H groups in total. The lowest BCUT2D eigenvalue weighted by Gasteiger charge is -2.05. The van der Waals surface area contributed by atoms with Crippen LogP contribution in [0.2, 0.25) is 0 Å². The molecule has 0 saturated heterocycles. The van der Waals surface area contributed by atoms with E-state index in [2.05, 4.69) is 0 Å². The van der Waals surface area contributed by atoms with Crippen LogP contribution in [0.3, 0.4) is 0 Å². The average Bonchev–Trinajstić information content (AvgIpc) is 2.17. The molecule has 0 bridgehead atoms. The van der Waals surface area contributed by atoms with Crippen LogP contribution >= 0.6 is 0 Å². The summed E-state index contributed by atoms with van der Waals surface area (Å²) in [6.45, 7) is 1.67. The zero-order chi connectivity index (χ0) is 10.7. The zero-order valence-electron chi connectivity index (χ0n) is 7.77. The highest BCUT2D eigenvalue weighted by Gasteiger charge is 2.15. The molecule has 0 aliphatic carbocycles. The minimum atomic E-state index is -1.63. The Morgan fingerprint density at radius 1 is 1.43 bits per heavy atom. The second-order valence-corrected chi connectivity index (χ2v) is 2.93. The molecule has 14 heavy (non-hydrogen) atoms. The number of carbonyl (C=O) groups excluding carboxylic acids is 1. The molecule has 0 aliphatic heterocycles. The number of phenols is 1. The van der Waals surface area contributed by atoms with Crippen molar-refractivity contribution in [3.8, 4) is 5.75 Å². The van der Waals surface area contributed by atoms with E-state index in [4.69, 9.17) is 10.0 Å². The first-order valence-corrected chi connectivity index (χ1v) is 4.28. The van der Waals surface area contributed by atoms with E-state index in [0.717, 1.165) is 0 Å². The van der Waals surface area contributed by atoms with Gasteiger partial charge < -0.3 is 15.2 Å². The van der Waals surface area contributed by atoms with Crippen LogP contribution in [-0.4, -0.2) is 28.1 Å². The molecule has 0 fully saturated rings. The summed E-state index contributed by atoms with van der Waals surface area (Å²) in [6, 6.07) is 3.91. The quantitative estimate of drug-likeness (QED) is 0.454. The maximum Gasteiger partial charge on any atom is 0.488 e. The molecule has 0 amide bonds. The molecule has 0 aliphatic rings. The van der Waals surface area contributed by atoms with Gasteiger partial charge in [0.25, 0.3) is 0 Å². The topological polar surface area (TPSA) is 77.8 Å². The highest BCUT2D eigenvalue weighted by molar-refractivity contribution is 6.58. The highest BCUT2D eigenvalue weighted by Crippen LogP contribution is 2.16. The molecule has 74 valence electrons. The Morgan fingerprint density at radius 3 is 2.57 bits per heavy atom. The van der Waals surface area contributed by atoms with Crippen molar-refractivity contribution >= 4 is 18.4 Å². The van der Waals surface area contributed by atoms with Crippen LogP contribution in [0, 0.1) is 0 Å². The summed E-state index contributed by atoms with van der Waals surface area (Å²) in [5.41, 5.74) is 0.317. The van der Waals surface area contributed by atoms with Crippen molar-refractivity contribution in [2.45, 2.75) is 13.3 Å². The summed E-state index contributed by atoms with van der Waals surface area (Å²) in [4.78, 5) is 11.3. The first-order valence-electron chi connectivity index (χ1n) is 4.28. The smallest absolute Gasteiger partial charge is 0.488 e. The molecule has 0 atom stereocenters. The first kappa shape index (κ1) is 10.8. The standard InChI is InChI=1S/C9H11BO4/c1-2-8(11)7-5-6(10(13)14)3-4-9(7)12/h3-5,12-14H,2H2,1H3. The van der Waals surface area contributed by atoms with E-state index in [9.17, 15) is 9.90 Å². The number of phenolic OH excluding ortho intramolecular Hbond substituents is 1. The Kier molecular flexibility index (Phi) is 3.27. The van der Waals surface area contributed by atoms with Gasteiger partial charge in [-0.05, 0) is 17.6 Å². The maximum absolute atomic E-state index is 11.3. The van der Waals surface area contributed by atoms with Crippen LogP contribution in [-0.2, 0) is 0 Å². The third-order valence-electron chi connectivity index (χ3n) is 1.94. The average molecular weight is 194 g/mol. The number of aromatic hydroxyl groups is 1. The molecule has 0 aromatic heterocycles. The van der Waals surface area contributed by atoms with Gasteiger partial charge in [-0.15, -0.1) is 0 Å². The van der Waals surface area contributed by atoms with E-state index in [1.165, 1.54) is 18.2 Å². The van der Waals surface area contributed by atoms with Crippen LogP contribution in [0.25, 0.3) is 0 Å². The molecular formula is C9H11BO4. The second-order valence-electron chi connectivity index (χ2n) is 2.93. The molecule has 5 heteroatoms. The minimum absolute atomic E-state index is 0.123. The fourth-order valence-electron chi connectivity index (χ4n) is 1.13. The maximum atomic E-state index is 11.3. The van der Waals surface area contributed by atoms with Crippen LogP contribution < -0.4 is 5.46 Å². The van der Waals surface area contributed by atoms with E-state index in [1.54, 1.807) is 6.92 Å². The zero-order valence-corrected chi connectivity index (χ0v) is 7.77. The van der Waals surface area contributed by atoms with Gasteiger partial charge in [-0.25, -0.2) is 0 Å². The number of carbonyl (C=O) groups is 1. The van der Waals surface area contributed by atoms with Crippen molar-refractivity contribution in [1.82, 2.24) is 0 Å². The SMILES string of the molecule is CCC(=O)c1cc(B(O)O)ccc1O. The normalized spacial score (nSPS) is 9.93. The first-order chi connectivity index (χ1) is 6.56. The fraction of sp³-hybridized carbons (Fsp3) is 0.222. The van der Waals surface area contributed by atoms with Crippen molar-refractivity contribution < 1.29 is 19.9 Å². The van der Waals surface area contributed by atoms with Crippen molar-refractivity contribution in [2.24, 2.45) is 0 Å². The predicted octanol–water partition coefficient (Wildman–Crippen LogP) is -0.335. The second kappa shape index (κ2) is 4.26. The number of benzene rings is 1. The highest BCUT2D eigenvalue weighted by atomic mass is 16.4. The molecule has 0 radical (unpaired) electrons. The summed E-state index contributed by atoms with van der Waals surface area (Å²) in [5, 5.41) is 27.0. The molecule has 0 heterocycles. The summed E-state index contributed by atoms with van der Waals surface area (Å²) in [6.07, 6.45) is 0.262. The van der Waals surface area contributed by atoms with Crippen LogP contribution in [0.4, 0.5) is 0 Å². The van der Waals surface area contributed by atoms with Crippen molar-refractivity contribution in [2.75, 3.05) is 0 Å². The lowest BCUT2D eigenvalue weighted by Crippen LogP contribution is -2.30. The van der Waals surface area contributed by atoms with Gasteiger partial charge in [-0.1, -0.05) is 13.0 Å². The number of ketones is 1. The summed E-state index contributed by atoms with van der Waals surface area (Å²) >= 11 is 0. The Morgan fingerprint density at radius 2 is 2.07 bits per heavy atom. The molecule has 1 rings (SSSR count). The van der Waals surface area contributed by atoms with Gasteiger partial charge in [0.05, 0.1) is 5.56 Å². The lowest BCUT2D eigenvalue weighted by molar-refractivity contribution is 0.0985. The molecule has 4 nitrogen and oxygen atoms in total. The van der Waals surface area contributed by atoms with Crippen LogP contribution in [0.1, 0.15) is 23.7 Å². The van der Waals surface area contributed by atoms with Gasteiger partial charge in [0.2, 0.25) is 0 Å². The molecular weight excluding hydrogens is 183 g/mol. The number of rotatable bonds is 3. The van der Waals surface area contributed by atoms with E-state index in [0.29, 0.717) is 0 Å². The lowest BCUT2D eigenvalue weighted by atomic mass is 9.79. The van der Waals surface area contributed by atoms with Crippen molar-refractivity contribution in [1.29, 1.82) is 0 Å². The molecule has 0 saturated carbocycles. The Labute approximate surface area is 82.0 Å². The third-order valence-corrected chi connectivity index (χ3v) is 1.94. The van der Waals surface area contributed by atoms with E-state index >= 15 is 0 Å². The Bertz CT molecular complexity index is 349. The molecule has 1 aromatic carbocycles. The Hall–Kier alpha value is -1.33. The summed E-state index contributed by atoms with van der Waals surface area (Å²) in [7, 11) is -1.63. The van der Waals surface area contributed by atoms with E-state index < -0.39 is 7.12 Å². The monoisotopic (exact) mass is 194 g/mol. The summed E-state index contributed by atoms with van der Waals surface area (Å²) in [5.74, 6) is -0.369. The van der Waals surface area contributed by atoms with Crippen molar-refractivity contribution in [3.05, 3.63) is 23.8 Å². The number of hydrogen-bond donors (Lipinski definition) is 3. The van der Waals surface area contributed by atoms with Gasteiger partial charge in [0.1, 0.15) is 5.75 Å². The van der Waals surface area contributed by atoms with Crippen molar-refractivity contribution in [3.63, 3.8) is 0 Å². The predicted molar refractivity (Wildman–Crippen MR) is 52.6 cm³/mol. The van der Waals surface area contributed by atoms with Gasteiger partial charge in [0, 0.05) is 6.42 Å². The van der Waals surface area contributed by atoms with Gasteiger partial charge in [0.15, 0.2) is 5.78 Å². The van der Waals surface area contributed by atoms with Crippen LogP contribution in [0.5, 0.6) is 5.75 Å². The summed E-state index contributed by atoms with van der Waals surface area (Å²) < 4.78 is 0. The molecule has 0 unspecified atom stereocenters. The van der Waals surface area contributed by atoms with Gasteiger partial charge >= 0.3 is 7.12 Å². The third kappa shape index (κ3) is 2.13. The van der Waals surface area contributed by atoms with E-state index in [1.807, 2.05) is 0 Å². The van der Waals surface area contributed by atoms with Gasteiger partial charge in [-0.2, -0.15) is 0 Å².